The Morgan fingerprint density at radius 1 is 1.31 bits per heavy atom. The number of carbonyl (C=O) groups excluding carboxylic acids is 1. The molecule has 3 aromatic rings. The molecule has 0 aliphatic carbocycles. The molecule has 4 rings (SSSR count). The zero-order valence-electron chi connectivity index (χ0n) is 19.9. The number of aromatic nitrogens is 3. The fourth-order valence-electron chi connectivity index (χ4n) is 3.96. The van der Waals surface area contributed by atoms with Crippen molar-refractivity contribution in [3.63, 3.8) is 0 Å². The van der Waals surface area contributed by atoms with Gasteiger partial charge in [0.2, 0.25) is 11.1 Å². The molecule has 10 heteroatoms. The Morgan fingerprint density at radius 3 is 2.77 bits per heavy atom. The molecule has 0 spiro atoms. The van der Waals surface area contributed by atoms with Crippen molar-refractivity contribution in [1.29, 1.82) is 0 Å². The largest absolute Gasteiger partial charge is 0.493 e. The van der Waals surface area contributed by atoms with Gasteiger partial charge in [0.15, 0.2) is 17.3 Å². The first-order chi connectivity index (χ1) is 16.8. The van der Waals surface area contributed by atoms with Gasteiger partial charge in [-0.05, 0) is 65.5 Å². The van der Waals surface area contributed by atoms with Gasteiger partial charge in [-0.15, -0.1) is 5.10 Å². The monoisotopic (exact) mass is 576 g/mol. The molecule has 0 amide bonds. The van der Waals surface area contributed by atoms with Crippen molar-refractivity contribution in [2.45, 2.75) is 44.1 Å². The Kier molecular flexibility index (Phi) is 8.09. The van der Waals surface area contributed by atoms with Gasteiger partial charge < -0.3 is 14.8 Å². The van der Waals surface area contributed by atoms with Gasteiger partial charge in [0.1, 0.15) is 6.04 Å². The van der Waals surface area contributed by atoms with Gasteiger partial charge in [-0.3, -0.25) is 4.79 Å². The van der Waals surface area contributed by atoms with Crippen molar-refractivity contribution in [3.8, 4) is 11.5 Å². The summed E-state index contributed by atoms with van der Waals surface area (Å²) in [5.41, 5.74) is 3.19. The molecule has 1 aliphatic rings. The van der Waals surface area contributed by atoms with Gasteiger partial charge >= 0.3 is 0 Å². The molecule has 1 aliphatic heterocycles. The highest BCUT2D eigenvalue weighted by Crippen LogP contribution is 2.43. The topological polar surface area (TPSA) is 78.3 Å². The number of fused-ring (bicyclic) bond motifs is 1. The maximum absolute atomic E-state index is 12.8. The number of benzene rings is 2. The van der Waals surface area contributed by atoms with Gasteiger partial charge in [-0.1, -0.05) is 48.5 Å². The quantitative estimate of drug-likeness (QED) is 0.285. The first-order valence-corrected chi connectivity index (χ1v) is 13.3. The molecule has 1 atom stereocenters. The SMILES string of the molecule is CCCOc1c(Br)cc(C2C(C(C)=O)=C(C)Nc3nc(SCc4ccccc4Cl)nn32)cc1OC. The number of ketones is 1. The Hall–Kier alpha value is -2.49. The second kappa shape index (κ2) is 11.1. The lowest BCUT2D eigenvalue weighted by Gasteiger charge is -2.28. The van der Waals surface area contributed by atoms with Crippen molar-refractivity contribution in [1.82, 2.24) is 14.8 Å². The van der Waals surface area contributed by atoms with Gasteiger partial charge in [0.25, 0.3) is 0 Å². The van der Waals surface area contributed by atoms with Gasteiger partial charge in [-0.25, -0.2) is 4.68 Å². The summed E-state index contributed by atoms with van der Waals surface area (Å²) in [6.07, 6.45) is 0.874. The number of anilines is 1. The van der Waals surface area contributed by atoms with E-state index in [9.17, 15) is 4.79 Å². The summed E-state index contributed by atoms with van der Waals surface area (Å²) in [5.74, 6) is 2.36. The second-order valence-electron chi connectivity index (χ2n) is 8.05. The fraction of sp³-hybridized carbons (Fsp3) is 0.320. The van der Waals surface area contributed by atoms with Crippen LogP contribution in [-0.2, 0) is 10.5 Å². The minimum absolute atomic E-state index is 0.0483. The molecule has 7 nitrogen and oxygen atoms in total. The number of carbonyl (C=O) groups is 1. The van der Waals surface area contributed by atoms with E-state index in [1.165, 1.54) is 11.8 Å². The lowest BCUT2D eigenvalue weighted by molar-refractivity contribution is -0.114. The number of halogens is 2. The third kappa shape index (κ3) is 5.37. The highest BCUT2D eigenvalue weighted by atomic mass is 79.9. The van der Waals surface area contributed by atoms with Crippen LogP contribution in [0.2, 0.25) is 5.02 Å². The van der Waals surface area contributed by atoms with Crippen molar-refractivity contribution >= 4 is 51.0 Å². The lowest BCUT2D eigenvalue weighted by Crippen LogP contribution is -2.28. The van der Waals surface area contributed by atoms with Crippen LogP contribution >= 0.6 is 39.3 Å². The number of thioether (sulfide) groups is 1. The van der Waals surface area contributed by atoms with Crippen LogP contribution in [0.4, 0.5) is 5.95 Å². The summed E-state index contributed by atoms with van der Waals surface area (Å²) in [6.45, 7) is 6.06. The minimum atomic E-state index is -0.476. The Labute approximate surface area is 222 Å². The number of hydrogen-bond acceptors (Lipinski definition) is 7. The molecule has 184 valence electrons. The molecule has 2 aromatic carbocycles. The van der Waals surface area contributed by atoms with Gasteiger partial charge in [-0.2, -0.15) is 4.98 Å². The van der Waals surface area contributed by atoms with E-state index in [1.54, 1.807) is 18.7 Å². The molecular weight excluding hydrogens is 552 g/mol. The van der Waals surface area contributed by atoms with Crippen LogP contribution in [0.25, 0.3) is 0 Å². The number of allylic oxidation sites excluding steroid dienone is 2. The minimum Gasteiger partial charge on any atom is -0.493 e. The van der Waals surface area contributed by atoms with Crippen molar-refractivity contribution in [2.75, 3.05) is 19.0 Å². The lowest BCUT2D eigenvalue weighted by atomic mass is 9.93. The van der Waals surface area contributed by atoms with Crippen LogP contribution in [-0.4, -0.2) is 34.3 Å². The maximum atomic E-state index is 12.8. The fourth-order valence-corrected chi connectivity index (χ4v) is 5.65. The second-order valence-corrected chi connectivity index (χ2v) is 10.3. The number of methoxy groups -OCH3 is 1. The van der Waals surface area contributed by atoms with E-state index in [1.807, 2.05) is 50.2 Å². The molecule has 35 heavy (non-hydrogen) atoms. The summed E-state index contributed by atoms with van der Waals surface area (Å²) in [4.78, 5) is 17.4. The van der Waals surface area contributed by atoms with Crippen LogP contribution in [0.15, 0.2) is 57.3 Å². The van der Waals surface area contributed by atoms with E-state index in [-0.39, 0.29) is 5.78 Å². The Bertz CT molecular complexity index is 1290. The standard InChI is InChI=1S/C25H26BrClN4O3S/c1-5-10-34-23-18(26)11-17(12-20(23)33-4)22-21(15(3)32)14(2)28-24-29-25(30-31(22)24)35-13-16-8-6-7-9-19(16)27/h6-9,11-12,22H,5,10,13H2,1-4H3,(H,28,29,30). The van der Waals surface area contributed by atoms with E-state index in [0.717, 1.165) is 27.7 Å². The molecule has 0 saturated heterocycles. The van der Waals surface area contributed by atoms with Crippen LogP contribution in [0, 0.1) is 0 Å². The molecule has 0 saturated carbocycles. The van der Waals surface area contributed by atoms with Gasteiger partial charge in [0.05, 0.1) is 18.2 Å². The summed E-state index contributed by atoms with van der Waals surface area (Å²) in [6, 6.07) is 11.1. The average Bonchev–Trinajstić information content (AvgIpc) is 3.23. The predicted molar refractivity (Wildman–Crippen MR) is 143 cm³/mol. The number of rotatable bonds is 9. The highest BCUT2D eigenvalue weighted by molar-refractivity contribution is 9.10. The molecule has 2 heterocycles. The average molecular weight is 578 g/mol. The molecule has 0 fully saturated rings. The number of hydrogen-bond donors (Lipinski definition) is 1. The highest BCUT2D eigenvalue weighted by Gasteiger charge is 2.34. The molecule has 1 unspecified atom stereocenters. The van der Waals surface area contributed by atoms with Crippen molar-refractivity contribution < 1.29 is 14.3 Å². The predicted octanol–water partition coefficient (Wildman–Crippen LogP) is 6.66. The van der Waals surface area contributed by atoms with Crippen molar-refractivity contribution in [2.24, 2.45) is 0 Å². The van der Waals surface area contributed by atoms with E-state index < -0.39 is 6.04 Å². The Balaban J connectivity index is 1.74. The summed E-state index contributed by atoms with van der Waals surface area (Å²) in [5, 5.41) is 9.31. The first-order valence-electron chi connectivity index (χ1n) is 11.2. The molecule has 0 bridgehead atoms. The first kappa shape index (κ1) is 25.6. The number of nitrogens with one attached hydrogen (secondary N) is 1. The van der Waals surface area contributed by atoms with Gasteiger partial charge in [0, 0.05) is 22.0 Å². The van der Waals surface area contributed by atoms with E-state index in [0.29, 0.717) is 45.6 Å². The Morgan fingerprint density at radius 2 is 2.09 bits per heavy atom. The number of Topliss-reactive ketones (excluding diaryl/α,β-unsaturated/α-hetero) is 1. The zero-order chi connectivity index (χ0) is 25.1. The molecule has 1 aromatic heterocycles. The van der Waals surface area contributed by atoms with E-state index in [2.05, 4.69) is 26.2 Å². The third-order valence-electron chi connectivity index (χ3n) is 5.55. The van der Waals surface area contributed by atoms with Crippen molar-refractivity contribution in [3.05, 3.63) is 68.3 Å². The number of ether oxygens (including phenoxy) is 2. The van der Waals surface area contributed by atoms with Crippen LogP contribution in [0.3, 0.4) is 0 Å². The smallest absolute Gasteiger partial charge is 0.227 e. The number of nitrogens with zero attached hydrogens (tertiary/aromatic N) is 3. The molecule has 0 radical (unpaired) electrons. The third-order valence-corrected chi connectivity index (χ3v) is 7.39. The molecule has 1 N–H and O–H groups in total. The van der Waals surface area contributed by atoms with Crippen LogP contribution < -0.4 is 14.8 Å². The summed E-state index contributed by atoms with van der Waals surface area (Å²) in [7, 11) is 1.60. The van der Waals surface area contributed by atoms with E-state index in [4.69, 9.17) is 26.2 Å². The maximum Gasteiger partial charge on any atom is 0.227 e. The molecular formula is C25H26BrClN4O3S. The summed E-state index contributed by atoms with van der Waals surface area (Å²) >= 11 is 11.4. The zero-order valence-corrected chi connectivity index (χ0v) is 23.1. The summed E-state index contributed by atoms with van der Waals surface area (Å²) < 4.78 is 14.0. The van der Waals surface area contributed by atoms with Crippen LogP contribution in [0.1, 0.15) is 44.4 Å². The van der Waals surface area contributed by atoms with Crippen LogP contribution in [0.5, 0.6) is 11.5 Å². The van der Waals surface area contributed by atoms with E-state index >= 15 is 0 Å². The normalized spacial score (nSPS) is 15.0.